The van der Waals surface area contributed by atoms with Crippen LogP contribution >= 0.6 is 0 Å². The van der Waals surface area contributed by atoms with Gasteiger partial charge in [-0.25, -0.2) is 0 Å². The van der Waals surface area contributed by atoms with Gasteiger partial charge in [0.2, 0.25) is 0 Å². The van der Waals surface area contributed by atoms with Gasteiger partial charge < -0.3 is 14.8 Å². The van der Waals surface area contributed by atoms with E-state index in [0.717, 1.165) is 31.1 Å². The van der Waals surface area contributed by atoms with E-state index in [9.17, 15) is 0 Å². The van der Waals surface area contributed by atoms with Crippen molar-refractivity contribution in [3.05, 3.63) is 23.3 Å². The molecule has 0 spiro atoms. The van der Waals surface area contributed by atoms with Gasteiger partial charge in [-0.1, -0.05) is 0 Å². The van der Waals surface area contributed by atoms with Gasteiger partial charge in [0.1, 0.15) is 13.2 Å². The lowest BCUT2D eigenvalue weighted by atomic mass is 10.1. The fourth-order valence-corrected chi connectivity index (χ4v) is 2.82. The summed E-state index contributed by atoms with van der Waals surface area (Å²) in [4.78, 5) is 2.43. The summed E-state index contributed by atoms with van der Waals surface area (Å²) in [6, 6.07) is 4.89. The topological polar surface area (TPSA) is 33.7 Å². The summed E-state index contributed by atoms with van der Waals surface area (Å²) in [7, 11) is 2.20. The number of rotatable bonds is 3. The van der Waals surface area contributed by atoms with Crippen molar-refractivity contribution in [1.82, 2.24) is 10.2 Å². The molecule has 1 aromatic carbocycles. The Hall–Kier alpha value is -1.26. The van der Waals surface area contributed by atoms with Gasteiger partial charge >= 0.3 is 0 Å². The first kappa shape index (κ1) is 12.8. The fraction of sp³-hybridized carbons (Fsp3) is 0.600. The number of likely N-dealkylation sites (N-methyl/N-ethyl adjacent to an activating group) is 1. The first-order valence-corrected chi connectivity index (χ1v) is 7.04. The number of ether oxygens (including phenoxy) is 2. The molecule has 19 heavy (non-hydrogen) atoms. The minimum Gasteiger partial charge on any atom is -0.486 e. The maximum atomic E-state index is 5.67. The van der Waals surface area contributed by atoms with Crippen LogP contribution in [0.25, 0.3) is 0 Å². The largest absolute Gasteiger partial charge is 0.486 e. The summed E-state index contributed by atoms with van der Waals surface area (Å²) < 4.78 is 11.3. The highest BCUT2D eigenvalue weighted by atomic mass is 16.6. The van der Waals surface area contributed by atoms with Gasteiger partial charge in [0, 0.05) is 19.1 Å². The standard InChI is InChI=1S/C15H22N2O2/c1-11-7-14-15(19-6-5-18-14)8-12(11)10-17(2)13-3-4-16-9-13/h7-8,13,16H,3-6,9-10H2,1-2H3. The molecule has 0 amide bonds. The highest BCUT2D eigenvalue weighted by Gasteiger charge is 2.21. The molecule has 1 saturated heterocycles. The molecule has 2 aliphatic rings. The van der Waals surface area contributed by atoms with Gasteiger partial charge in [-0.2, -0.15) is 0 Å². The van der Waals surface area contributed by atoms with Crippen molar-refractivity contribution in [2.45, 2.75) is 25.9 Å². The Morgan fingerprint density at radius 1 is 1.26 bits per heavy atom. The van der Waals surface area contributed by atoms with Crippen LogP contribution in [0.3, 0.4) is 0 Å². The smallest absolute Gasteiger partial charge is 0.161 e. The molecule has 0 saturated carbocycles. The fourth-order valence-electron chi connectivity index (χ4n) is 2.82. The molecule has 104 valence electrons. The van der Waals surface area contributed by atoms with Gasteiger partial charge in [0.15, 0.2) is 11.5 Å². The molecule has 1 unspecified atom stereocenters. The number of nitrogens with zero attached hydrogens (tertiary/aromatic N) is 1. The van der Waals surface area contributed by atoms with Crippen LogP contribution in [-0.2, 0) is 6.54 Å². The Morgan fingerprint density at radius 2 is 2.00 bits per heavy atom. The third-order valence-electron chi connectivity index (χ3n) is 4.08. The molecule has 1 aromatic rings. The summed E-state index contributed by atoms with van der Waals surface area (Å²) in [6.45, 7) is 6.65. The number of fused-ring (bicyclic) bond motifs is 1. The van der Waals surface area contributed by atoms with Crippen molar-refractivity contribution in [1.29, 1.82) is 0 Å². The van der Waals surface area contributed by atoms with E-state index in [0.29, 0.717) is 19.3 Å². The zero-order chi connectivity index (χ0) is 13.2. The second-order valence-corrected chi connectivity index (χ2v) is 5.48. The molecule has 3 rings (SSSR count). The van der Waals surface area contributed by atoms with Gasteiger partial charge in [0.25, 0.3) is 0 Å². The van der Waals surface area contributed by atoms with Gasteiger partial charge in [-0.05, 0) is 50.2 Å². The number of hydrogen-bond donors (Lipinski definition) is 1. The zero-order valence-electron chi connectivity index (χ0n) is 11.7. The van der Waals surface area contributed by atoms with Crippen molar-refractivity contribution in [2.75, 3.05) is 33.4 Å². The second-order valence-electron chi connectivity index (χ2n) is 5.48. The Kier molecular flexibility index (Phi) is 3.62. The Bertz CT molecular complexity index is 456. The molecule has 4 nitrogen and oxygen atoms in total. The van der Waals surface area contributed by atoms with E-state index in [-0.39, 0.29) is 0 Å². The predicted octanol–water partition coefficient (Wildman–Crippen LogP) is 1.56. The van der Waals surface area contributed by atoms with Gasteiger partial charge in [-0.3, -0.25) is 4.90 Å². The Morgan fingerprint density at radius 3 is 2.68 bits per heavy atom. The highest BCUT2D eigenvalue weighted by molar-refractivity contribution is 5.47. The molecule has 0 aromatic heterocycles. The summed E-state index contributed by atoms with van der Waals surface area (Å²) in [5.74, 6) is 1.78. The maximum absolute atomic E-state index is 5.67. The number of nitrogens with one attached hydrogen (secondary N) is 1. The SMILES string of the molecule is Cc1cc2c(cc1CN(C)C1CCNC1)OCCO2. The van der Waals surface area contributed by atoms with Crippen molar-refractivity contribution < 1.29 is 9.47 Å². The third-order valence-corrected chi connectivity index (χ3v) is 4.08. The molecule has 1 fully saturated rings. The van der Waals surface area contributed by atoms with E-state index in [1.807, 2.05) is 0 Å². The molecular weight excluding hydrogens is 240 g/mol. The van der Waals surface area contributed by atoms with Crippen molar-refractivity contribution in [3.63, 3.8) is 0 Å². The van der Waals surface area contributed by atoms with Crippen LogP contribution in [0.2, 0.25) is 0 Å². The van der Waals surface area contributed by atoms with E-state index in [1.165, 1.54) is 17.5 Å². The molecule has 1 N–H and O–H groups in total. The van der Waals surface area contributed by atoms with Crippen LogP contribution in [0, 0.1) is 6.92 Å². The van der Waals surface area contributed by atoms with Crippen molar-refractivity contribution in [2.24, 2.45) is 0 Å². The van der Waals surface area contributed by atoms with E-state index >= 15 is 0 Å². The lowest BCUT2D eigenvalue weighted by Crippen LogP contribution is -2.33. The van der Waals surface area contributed by atoms with Crippen LogP contribution in [0.5, 0.6) is 11.5 Å². The number of aryl methyl sites for hydroxylation is 1. The predicted molar refractivity (Wildman–Crippen MR) is 74.9 cm³/mol. The van der Waals surface area contributed by atoms with E-state index in [1.54, 1.807) is 0 Å². The lowest BCUT2D eigenvalue weighted by molar-refractivity contribution is 0.170. The molecular formula is C15H22N2O2. The lowest BCUT2D eigenvalue weighted by Gasteiger charge is -2.26. The average molecular weight is 262 g/mol. The van der Waals surface area contributed by atoms with E-state index in [2.05, 4.69) is 36.3 Å². The quantitative estimate of drug-likeness (QED) is 0.896. The summed E-state index contributed by atoms with van der Waals surface area (Å²) >= 11 is 0. The van der Waals surface area contributed by atoms with Gasteiger partial charge in [-0.15, -0.1) is 0 Å². The molecule has 4 heteroatoms. The normalized spacial score (nSPS) is 21.9. The zero-order valence-corrected chi connectivity index (χ0v) is 11.7. The number of hydrogen-bond acceptors (Lipinski definition) is 4. The molecule has 0 bridgehead atoms. The minimum absolute atomic E-state index is 0.646. The number of benzene rings is 1. The third kappa shape index (κ3) is 2.69. The Labute approximate surface area is 114 Å². The monoisotopic (exact) mass is 262 g/mol. The highest BCUT2D eigenvalue weighted by Crippen LogP contribution is 2.33. The first-order chi connectivity index (χ1) is 9.24. The molecule has 1 atom stereocenters. The Balaban J connectivity index is 1.76. The summed E-state index contributed by atoms with van der Waals surface area (Å²) in [6.07, 6.45) is 1.24. The van der Waals surface area contributed by atoms with Crippen LogP contribution in [-0.4, -0.2) is 44.3 Å². The van der Waals surface area contributed by atoms with Crippen LogP contribution < -0.4 is 14.8 Å². The molecule has 2 aliphatic heterocycles. The van der Waals surface area contributed by atoms with Crippen LogP contribution in [0.15, 0.2) is 12.1 Å². The molecule has 2 heterocycles. The maximum Gasteiger partial charge on any atom is 0.161 e. The van der Waals surface area contributed by atoms with Crippen molar-refractivity contribution >= 4 is 0 Å². The van der Waals surface area contributed by atoms with Gasteiger partial charge in [0.05, 0.1) is 0 Å². The first-order valence-electron chi connectivity index (χ1n) is 7.04. The second kappa shape index (κ2) is 5.39. The van der Waals surface area contributed by atoms with E-state index < -0.39 is 0 Å². The minimum atomic E-state index is 0.646. The van der Waals surface area contributed by atoms with Crippen LogP contribution in [0.1, 0.15) is 17.5 Å². The molecule has 0 radical (unpaired) electrons. The van der Waals surface area contributed by atoms with Crippen LogP contribution in [0.4, 0.5) is 0 Å². The summed E-state index contributed by atoms with van der Waals surface area (Å²) in [5.41, 5.74) is 2.61. The van der Waals surface area contributed by atoms with Crippen molar-refractivity contribution in [3.8, 4) is 11.5 Å². The average Bonchev–Trinajstić information content (AvgIpc) is 2.93. The summed E-state index contributed by atoms with van der Waals surface area (Å²) in [5, 5.41) is 3.42. The van der Waals surface area contributed by atoms with E-state index in [4.69, 9.17) is 9.47 Å². The molecule has 0 aliphatic carbocycles.